The summed E-state index contributed by atoms with van der Waals surface area (Å²) in [7, 11) is 1.49. The monoisotopic (exact) mass is 203 g/mol. The molecule has 0 aliphatic heterocycles. The van der Waals surface area contributed by atoms with Crippen molar-refractivity contribution in [1.29, 1.82) is 0 Å². The van der Waals surface area contributed by atoms with E-state index < -0.39 is 5.91 Å². The molecule has 5 heteroatoms. The number of para-hydroxylation sites is 1. The number of carbonyl (C=O) groups excluding carboxylic acids is 1. The minimum absolute atomic E-state index is 0.0365. The van der Waals surface area contributed by atoms with E-state index in [4.69, 9.17) is 10.5 Å². The average Bonchev–Trinajstić information content (AvgIpc) is 2.27. The summed E-state index contributed by atoms with van der Waals surface area (Å²) in [5.41, 5.74) is 5.75. The standard InChI is InChI=1S/C10H9N3O2/c1-15-10-6-4-2-3-5-7(6)12-9(13-10)8(11)14/h2-5H,1H3,(H2,11,14). The molecule has 1 aromatic carbocycles. The number of carbonyl (C=O) groups is 1. The predicted octanol–water partition coefficient (Wildman–Crippen LogP) is 0.737. The van der Waals surface area contributed by atoms with Crippen LogP contribution in [0.1, 0.15) is 10.6 Å². The Balaban J connectivity index is 2.77. The summed E-state index contributed by atoms with van der Waals surface area (Å²) < 4.78 is 5.06. The van der Waals surface area contributed by atoms with Crippen molar-refractivity contribution in [1.82, 2.24) is 9.97 Å². The van der Waals surface area contributed by atoms with Gasteiger partial charge in [-0.15, -0.1) is 0 Å². The van der Waals surface area contributed by atoms with Crippen LogP contribution >= 0.6 is 0 Å². The van der Waals surface area contributed by atoms with Crippen molar-refractivity contribution in [3.05, 3.63) is 30.1 Å². The Kier molecular flexibility index (Phi) is 2.21. The molecule has 0 unspecified atom stereocenters. The van der Waals surface area contributed by atoms with Crippen LogP contribution in [0.4, 0.5) is 0 Å². The first kappa shape index (κ1) is 9.39. The number of fused-ring (bicyclic) bond motifs is 1. The lowest BCUT2D eigenvalue weighted by atomic mass is 10.2. The minimum atomic E-state index is -0.668. The zero-order chi connectivity index (χ0) is 10.8. The van der Waals surface area contributed by atoms with Crippen LogP contribution in [0, 0.1) is 0 Å². The first-order chi connectivity index (χ1) is 7.22. The Morgan fingerprint density at radius 1 is 1.33 bits per heavy atom. The number of amides is 1. The number of benzene rings is 1. The maximum absolute atomic E-state index is 11.0. The topological polar surface area (TPSA) is 78.1 Å². The Morgan fingerprint density at radius 3 is 2.73 bits per heavy atom. The van der Waals surface area contributed by atoms with Gasteiger partial charge in [-0.3, -0.25) is 4.79 Å². The van der Waals surface area contributed by atoms with E-state index in [1.807, 2.05) is 18.2 Å². The van der Waals surface area contributed by atoms with E-state index in [0.717, 1.165) is 5.39 Å². The molecule has 0 radical (unpaired) electrons. The fourth-order valence-corrected chi connectivity index (χ4v) is 1.31. The Labute approximate surface area is 85.9 Å². The van der Waals surface area contributed by atoms with E-state index in [2.05, 4.69) is 9.97 Å². The van der Waals surface area contributed by atoms with Gasteiger partial charge in [0.2, 0.25) is 11.7 Å². The number of nitrogens with zero attached hydrogens (tertiary/aromatic N) is 2. The van der Waals surface area contributed by atoms with Crippen LogP contribution in [0.5, 0.6) is 5.88 Å². The van der Waals surface area contributed by atoms with Gasteiger partial charge in [0.25, 0.3) is 5.91 Å². The van der Waals surface area contributed by atoms with Gasteiger partial charge in [-0.25, -0.2) is 4.98 Å². The lowest BCUT2D eigenvalue weighted by Crippen LogP contribution is -2.15. The molecular formula is C10H9N3O2. The summed E-state index contributed by atoms with van der Waals surface area (Å²) in [6.07, 6.45) is 0. The number of methoxy groups -OCH3 is 1. The van der Waals surface area contributed by atoms with Gasteiger partial charge in [-0.05, 0) is 12.1 Å². The largest absolute Gasteiger partial charge is 0.480 e. The second kappa shape index (κ2) is 3.53. The Morgan fingerprint density at radius 2 is 2.07 bits per heavy atom. The molecule has 1 heterocycles. The van der Waals surface area contributed by atoms with Crippen molar-refractivity contribution < 1.29 is 9.53 Å². The number of hydrogen-bond donors (Lipinski definition) is 1. The van der Waals surface area contributed by atoms with Gasteiger partial charge in [0.05, 0.1) is 18.0 Å². The van der Waals surface area contributed by atoms with Gasteiger partial charge in [0.15, 0.2) is 0 Å². The van der Waals surface area contributed by atoms with Gasteiger partial charge in [-0.1, -0.05) is 12.1 Å². The molecule has 5 nitrogen and oxygen atoms in total. The molecule has 0 spiro atoms. The fourth-order valence-electron chi connectivity index (χ4n) is 1.31. The number of ether oxygens (including phenoxy) is 1. The van der Waals surface area contributed by atoms with Crippen LogP contribution in [0.3, 0.4) is 0 Å². The zero-order valence-corrected chi connectivity index (χ0v) is 8.10. The van der Waals surface area contributed by atoms with E-state index >= 15 is 0 Å². The molecule has 2 rings (SSSR count). The molecule has 1 amide bonds. The minimum Gasteiger partial charge on any atom is -0.480 e. The molecule has 0 bridgehead atoms. The summed E-state index contributed by atoms with van der Waals surface area (Å²) in [4.78, 5) is 18.9. The summed E-state index contributed by atoms with van der Waals surface area (Å²) in [5, 5.41) is 0.755. The van der Waals surface area contributed by atoms with Crippen LogP contribution in [0.15, 0.2) is 24.3 Å². The molecule has 0 saturated carbocycles. The van der Waals surface area contributed by atoms with E-state index in [-0.39, 0.29) is 5.82 Å². The van der Waals surface area contributed by atoms with Crippen molar-refractivity contribution in [2.45, 2.75) is 0 Å². The van der Waals surface area contributed by atoms with Crippen LogP contribution in [-0.4, -0.2) is 23.0 Å². The molecule has 15 heavy (non-hydrogen) atoms. The lowest BCUT2D eigenvalue weighted by Gasteiger charge is -2.04. The van der Waals surface area contributed by atoms with Gasteiger partial charge in [-0.2, -0.15) is 4.98 Å². The maximum Gasteiger partial charge on any atom is 0.286 e. The first-order valence-electron chi connectivity index (χ1n) is 4.33. The van der Waals surface area contributed by atoms with Gasteiger partial charge in [0, 0.05) is 0 Å². The third kappa shape index (κ3) is 1.59. The molecule has 0 aliphatic carbocycles. The number of primary amides is 1. The molecule has 0 aliphatic rings. The summed E-state index contributed by atoms with van der Waals surface area (Å²) in [6, 6.07) is 7.25. The number of hydrogen-bond acceptors (Lipinski definition) is 4. The van der Waals surface area contributed by atoms with E-state index in [1.165, 1.54) is 7.11 Å². The van der Waals surface area contributed by atoms with Crippen molar-refractivity contribution in [2.24, 2.45) is 5.73 Å². The number of aromatic nitrogens is 2. The predicted molar refractivity (Wildman–Crippen MR) is 54.6 cm³/mol. The molecule has 0 saturated heterocycles. The summed E-state index contributed by atoms with van der Waals surface area (Å²) in [6.45, 7) is 0. The highest BCUT2D eigenvalue weighted by atomic mass is 16.5. The van der Waals surface area contributed by atoms with Gasteiger partial charge >= 0.3 is 0 Å². The van der Waals surface area contributed by atoms with Crippen LogP contribution in [-0.2, 0) is 0 Å². The molecule has 0 fully saturated rings. The van der Waals surface area contributed by atoms with E-state index in [9.17, 15) is 4.79 Å². The van der Waals surface area contributed by atoms with E-state index in [1.54, 1.807) is 6.07 Å². The normalized spacial score (nSPS) is 10.2. The molecule has 2 N–H and O–H groups in total. The third-order valence-electron chi connectivity index (χ3n) is 1.98. The molecule has 2 aromatic rings. The van der Waals surface area contributed by atoms with Crippen molar-refractivity contribution in [2.75, 3.05) is 7.11 Å². The average molecular weight is 203 g/mol. The zero-order valence-electron chi connectivity index (χ0n) is 8.10. The second-order valence-corrected chi connectivity index (χ2v) is 2.94. The molecule has 1 aromatic heterocycles. The summed E-state index contributed by atoms with van der Waals surface area (Å²) >= 11 is 0. The van der Waals surface area contributed by atoms with Gasteiger partial charge < -0.3 is 10.5 Å². The maximum atomic E-state index is 11.0. The smallest absolute Gasteiger partial charge is 0.286 e. The third-order valence-corrected chi connectivity index (χ3v) is 1.98. The molecular weight excluding hydrogens is 194 g/mol. The summed E-state index contributed by atoms with van der Waals surface area (Å²) in [5.74, 6) is -0.348. The Hall–Kier alpha value is -2.17. The van der Waals surface area contributed by atoms with Gasteiger partial charge in [0.1, 0.15) is 0 Å². The molecule has 76 valence electrons. The van der Waals surface area contributed by atoms with Crippen LogP contribution in [0.25, 0.3) is 10.9 Å². The van der Waals surface area contributed by atoms with Crippen LogP contribution in [0.2, 0.25) is 0 Å². The highest BCUT2D eigenvalue weighted by Crippen LogP contribution is 2.21. The highest BCUT2D eigenvalue weighted by molar-refractivity contribution is 5.93. The first-order valence-corrected chi connectivity index (χ1v) is 4.33. The van der Waals surface area contributed by atoms with Crippen LogP contribution < -0.4 is 10.5 Å². The van der Waals surface area contributed by atoms with Crippen molar-refractivity contribution >= 4 is 16.8 Å². The SMILES string of the molecule is COc1nc(C(N)=O)nc2ccccc12. The fraction of sp³-hybridized carbons (Fsp3) is 0.100. The highest BCUT2D eigenvalue weighted by Gasteiger charge is 2.10. The number of nitrogens with two attached hydrogens (primary N) is 1. The quantitative estimate of drug-likeness (QED) is 0.780. The lowest BCUT2D eigenvalue weighted by molar-refractivity contribution is 0.0990. The molecule has 0 atom stereocenters. The number of rotatable bonds is 2. The second-order valence-electron chi connectivity index (χ2n) is 2.94. The van der Waals surface area contributed by atoms with Crippen molar-refractivity contribution in [3.8, 4) is 5.88 Å². The van der Waals surface area contributed by atoms with E-state index in [0.29, 0.717) is 11.4 Å². The van der Waals surface area contributed by atoms with Crippen molar-refractivity contribution in [3.63, 3.8) is 0 Å². The Bertz CT molecular complexity index is 525.